The van der Waals surface area contributed by atoms with Crippen molar-refractivity contribution in [1.82, 2.24) is 19.5 Å². The molecule has 0 bridgehead atoms. The summed E-state index contributed by atoms with van der Waals surface area (Å²) >= 11 is 6.18. The van der Waals surface area contributed by atoms with Crippen LogP contribution in [0.15, 0.2) is 30.5 Å². The molecule has 0 saturated carbocycles. The molecule has 2 saturated heterocycles. The fraction of sp³-hybridized carbons (Fsp3) is 0.440. The largest absolute Gasteiger partial charge is 0.390 e. The summed E-state index contributed by atoms with van der Waals surface area (Å²) in [6.45, 7) is 3.12. The van der Waals surface area contributed by atoms with Crippen molar-refractivity contribution >= 4 is 44.7 Å². The first-order chi connectivity index (χ1) is 18.0. The van der Waals surface area contributed by atoms with Gasteiger partial charge in [0.2, 0.25) is 10.0 Å². The van der Waals surface area contributed by atoms with Crippen LogP contribution in [0.3, 0.4) is 0 Å². The molecule has 2 aliphatic rings. The van der Waals surface area contributed by atoms with Gasteiger partial charge in [0.25, 0.3) is 5.91 Å². The van der Waals surface area contributed by atoms with E-state index in [0.29, 0.717) is 48.2 Å². The fourth-order valence-corrected chi connectivity index (χ4v) is 5.96. The third kappa shape index (κ3) is 5.14. The summed E-state index contributed by atoms with van der Waals surface area (Å²) in [6.07, 6.45) is 4.57. The third-order valence-electron chi connectivity index (χ3n) is 6.99. The van der Waals surface area contributed by atoms with Crippen LogP contribution < -0.4 is 9.62 Å². The van der Waals surface area contributed by atoms with E-state index < -0.39 is 22.0 Å². The van der Waals surface area contributed by atoms with Crippen LogP contribution >= 0.6 is 11.6 Å². The maximum atomic E-state index is 13.8. The highest BCUT2D eigenvalue weighted by atomic mass is 35.5. The highest BCUT2D eigenvalue weighted by Crippen LogP contribution is 2.34. The maximum absolute atomic E-state index is 13.8. The Morgan fingerprint density at radius 3 is 2.76 bits per heavy atom. The topological polar surface area (TPSA) is 144 Å². The number of aryl methyl sites for hydroxylation is 1. The van der Waals surface area contributed by atoms with Gasteiger partial charge in [-0.3, -0.25) is 9.52 Å². The second-order valence-electron chi connectivity index (χ2n) is 9.90. The zero-order valence-corrected chi connectivity index (χ0v) is 22.6. The van der Waals surface area contributed by atoms with Crippen molar-refractivity contribution in [3.63, 3.8) is 0 Å². The van der Waals surface area contributed by atoms with Gasteiger partial charge in [0.1, 0.15) is 5.82 Å². The zero-order valence-electron chi connectivity index (χ0n) is 21.0. The number of hydrogen-bond donors (Lipinski definition) is 2. The minimum absolute atomic E-state index is 0.173. The lowest BCUT2D eigenvalue weighted by molar-refractivity contribution is 0.0607. The van der Waals surface area contributed by atoms with E-state index in [2.05, 4.69) is 10.8 Å². The van der Waals surface area contributed by atoms with E-state index in [0.717, 1.165) is 24.7 Å². The number of amides is 1. The van der Waals surface area contributed by atoms with Crippen molar-refractivity contribution in [1.29, 1.82) is 5.26 Å². The van der Waals surface area contributed by atoms with Gasteiger partial charge in [-0.05, 0) is 44.4 Å². The minimum Gasteiger partial charge on any atom is -0.390 e. The normalized spacial score (nSPS) is 22.0. The van der Waals surface area contributed by atoms with E-state index in [4.69, 9.17) is 21.7 Å². The molecule has 3 atom stereocenters. The number of likely N-dealkylation sites (tertiary alicyclic amines) is 1. The van der Waals surface area contributed by atoms with Crippen LogP contribution in [0, 0.1) is 24.2 Å². The average Bonchev–Trinajstić information content (AvgIpc) is 3.45. The Kier molecular flexibility index (Phi) is 6.94. The quantitative estimate of drug-likeness (QED) is 0.487. The van der Waals surface area contributed by atoms with Gasteiger partial charge in [-0.25, -0.2) is 17.9 Å². The first kappa shape index (κ1) is 26.2. The lowest BCUT2D eigenvalue weighted by atomic mass is 9.98. The van der Waals surface area contributed by atoms with Crippen LogP contribution in [0.2, 0.25) is 5.02 Å². The van der Waals surface area contributed by atoms with Gasteiger partial charge in [-0.1, -0.05) is 11.6 Å². The summed E-state index contributed by atoms with van der Waals surface area (Å²) < 4.78 is 27.9. The Hall–Kier alpha value is -3.40. The summed E-state index contributed by atoms with van der Waals surface area (Å²) in [5.41, 5.74) is 2.47. The van der Waals surface area contributed by atoms with Crippen LogP contribution in [0.5, 0.6) is 0 Å². The van der Waals surface area contributed by atoms with E-state index in [1.165, 1.54) is 18.2 Å². The fourth-order valence-electron chi connectivity index (χ4n) is 5.21. The number of carbonyl (C=O) groups is 1. The molecular weight excluding hydrogens is 530 g/mol. The predicted octanol–water partition coefficient (Wildman–Crippen LogP) is 2.75. The molecule has 1 amide bonds. The molecule has 2 aromatic heterocycles. The van der Waals surface area contributed by atoms with E-state index >= 15 is 0 Å². The number of aliphatic hydroxyl groups excluding tert-OH is 1. The number of aliphatic hydroxyl groups is 1. The molecule has 3 aromatic rings. The summed E-state index contributed by atoms with van der Waals surface area (Å²) in [5.74, 6) is -0.116. The van der Waals surface area contributed by atoms with Crippen molar-refractivity contribution in [3.8, 4) is 6.07 Å². The van der Waals surface area contributed by atoms with Crippen LogP contribution in [-0.4, -0.2) is 70.9 Å². The molecule has 4 heterocycles. The molecule has 1 unspecified atom stereocenters. The zero-order chi connectivity index (χ0) is 27.2. The Morgan fingerprint density at radius 2 is 2.05 bits per heavy atom. The van der Waals surface area contributed by atoms with Gasteiger partial charge in [0.15, 0.2) is 5.65 Å². The van der Waals surface area contributed by atoms with Gasteiger partial charge in [0, 0.05) is 42.5 Å². The third-order valence-corrected chi connectivity index (χ3v) is 7.82. The Morgan fingerprint density at radius 1 is 1.26 bits per heavy atom. The summed E-state index contributed by atoms with van der Waals surface area (Å²) in [5, 5.41) is 24.5. The molecule has 11 nitrogen and oxygen atoms in total. The molecule has 2 N–H and O–H groups in total. The molecule has 5 rings (SSSR count). The average molecular weight is 558 g/mol. The Bertz CT molecular complexity index is 1550. The van der Waals surface area contributed by atoms with Crippen molar-refractivity contribution in [2.45, 2.75) is 38.3 Å². The van der Waals surface area contributed by atoms with E-state index in [1.54, 1.807) is 9.42 Å². The smallest absolute Gasteiger partial charge is 0.256 e. The molecule has 0 spiro atoms. The molecule has 200 valence electrons. The molecule has 0 aliphatic carbocycles. The molecule has 1 aromatic carbocycles. The number of piperidine rings is 1. The van der Waals surface area contributed by atoms with Gasteiger partial charge < -0.3 is 14.9 Å². The summed E-state index contributed by atoms with van der Waals surface area (Å²) in [4.78, 5) is 22.2. The number of rotatable bonds is 5. The van der Waals surface area contributed by atoms with Gasteiger partial charge in [-0.2, -0.15) is 10.4 Å². The van der Waals surface area contributed by atoms with E-state index in [9.17, 15) is 23.6 Å². The molecule has 13 heteroatoms. The van der Waals surface area contributed by atoms with Crippen LogP contribution in [0.1, 0.15) is 46.9 Å². The van der Waals surface area contributed by atoms with Crippen molar-refractivity contribution in [3.05, 3.63) is 52.3 Å². The second kappa shape index (κ2) is 10.1. The SMILES string of the molecule is Cc1cn2nc(C3CCCCN3C(=O)c3cc(Cl)ccc3NS(C)(=O)=O)cc2nc1N1C[C@@H](C#N)[C@@H](O)C1. The number of carbonyl (C=O) groups excluding carboxylic acids is 1. The minimum atomic E-state index is -3.61. The summed E-state index contributed by atoms with van der Waals surface area (Å²) in [6, 6.07) is 8.16. The number of nitrogens with one attached hydrogen (secondary N) is 1. The lowest BCUT2D eigenvalue weighted by Gasteiger charge is -2.35. The standard InChI is InChI=1S/C25H28ClN7O4S/c1-15-12-33-23(28-24(15)31-13-16(11-27)22(34)14-31)10-20(29-33)21-5-3-4-8-32(21)25(35)18-9-17(26)6-7-19(18)30-38(2,36)37/h6-7,9-10,12,16,21-22,30,34H,3-5,8,13-14H2,1-2H3/t16-,21?,22+/m1/s1. The number of fused-ring (bicyclic) bond motifs is 1. The first-order valence-electron chi connectivity index (χ1n) is 12.3. The Balaban J connectivity index is 1.48. The number of hydrogen-bond acceptors (Lipinski definition) is 8. The highest BCUT2D eigenvalue weighted by Gasteiger charge is 2.34. The predicted molar refractivity (Wildman–Crippen MR) is 143 cm³/mol. The molecule has 0 radical (unpaired) electrons. The van der Waals surface area contributed by atoms with Gasteiger partial charge in [-0.15, -0.1) is 0 Å². The number of nitriles is 1. The van der Waals surface area contributed by atoms with Crippen molar-refractivity contribution in [2.24, 2.45) is 5.92 Å². The van der Waals surface area contributed by atoms with Crippen molar-refractivity contribution < 1.29 is 18.3 Å². The number of nitrogens with zero attached hydrogens (tertiary/aromatic N) is 6. The number of aromatic nitrogens is 3. The first-order valence-corrected chi connectivity index (χ1v) is 14.6. The molecule has 2 fully saturated rings. The van der Waals surface area contributed by atoms with Crippen molar-refractivity contribution in [2.75, 3.05) is 35.5 Å². The lowest BCUT2D eigenvalue weighted by Crippen LogP contribution is -2.39. The van der Waals surface area contributed by atoms with Crippen LogP contribution in [0.25, 0.3) is 5.65 Å². The van der Waals surface area contributed by atoms with Gasteiger partial charge in [0.05, 0.1) is 47.3 Å². The van der Waals surface area contributed by atoms with E-state index in [1.807, 2.05) is 24.1 Å². The molecule has 2 aliphatic heterocycles. The Labute approximate surface area is 225 Å². The second-order valence-corrected chi connectivity index (χ2v) is 12.1. The number of halogens is 1. The number of β-amino-alcohol motifs (C(OH)–C–C–N with tert-alkyl or cyclic N) is 1. The van der Waals surface area contributed by atoms with E-state index in [-0.39, 0.29) is 23.2 Å². The number of sulfonamides is 1. The molecule has 38 heavy (non-hydrogen) atoms. The monoisotopic (exact) mass is 557 g/mol. The molecular formula is C25H28ClN7O4S. The highest BCUT2D eigenvalue weighted by molar-refractivity contribution is 7.92. The summed E-state index contributed by atoms with van der Waals surface area (Å²) in [7, 11) is -3.61. The van der Waals surface area contributed by atoms with Crippen LogP contribution in [0.4, 0.5) is 11.5 Å². The van der Waals surface area contributed by atoms with Crippen LogP contribution in [-0.2, 0) is 10.0 Å². The number of anilines is 2. The number of benzene rings is 1. The maximum Gasteiger partial charge on any atom is 0.256 e. The van der Waals surface area contributed by atoms with Gasteiger partial charge >= 0.3 is 0 Å².